The van der Waals surface area contributed by atoms with Crippen LogP contribution in [0.3, 0.4) is 0 Å². The number of fused-ring (bicyclic) bond motifs is 2. The molecule has 64 heavy (non-hydrogen) atoms. The summed E-state index contributed by atoms with van der Waals surface area (Å²) in [6.07, 6.45) is 0. The molecule has 0 amide bonds. The molecule has 2 fully saturated rings. The van der Waals surface area contributed by atoms with Gasteiger partial charge in [-0.2, -0.15) is 0 Å². The van der Waals surface area contributed by atoms with Crippen LogP contribution < -0.4 is 9.47 Å². The lowest BCUT2D eigenvalue weighted by atomic mass is 9.52. The van der Waals surface area contributed by atoms with E-state index < -0.39 is 71.2 Å². The van der Waals surface area contributed by atoms with Gasteiger partial charge >= 0.3 is 23.9 Å². The van der Waals surface area contributed by atoms with E-state index in [9.17, 15) is 29.4 Å². The molecule has 0 heterocycles. The van der Waals surface area contributed by atoms with Crippen LogP contribution in [0.15, 0.2) is 206 Å². The molecule has 0 aromatic heterocycles. The first-order chi connectivity index (χ1) is 31.3. The molecular weight excluding hydrogens is 801 g/mol. The van der Waals surface area contributed by atoms with Crippen LogP contribution >= 0.6 is 0 Å². The smallest absolute Gasteiger partial charge is 0.315 e. The fourth-order valence-corrected chi connectivity index (χ4v) is 9.98. The topological polar surface area (TPSA) is 127 Å². The molecule has 2 aliphatic carbocycles. The Morgan fingerprint density at radius 1 is 0.312 bits per heavy atom. The van der Waals surface area contributed by atoms with Gasteiger partial charge in [0.1, 0.15) is 11.5 Å². The van der Waals surface area contributed by atoms with Crippen LogP contribution in [-0.4, -0.2) is 34.1 Å². The van der Waals surface area contributed by atoms with Crippen molar-refractivity contribution in [3.63, 3.8) is 0 Å². The Kier molecular flexibility index (Phi) is 11.8. The number of aliphatic carboxylic acids is 2. The van der Waals surface area contributed by atoms with Crippen molar-refractivity contribution in [3.05, 3.63) is 229 Å². The Bertz CT molecular complexity index is 2630. The molecule has 4 atom stereocenters. The minimum absolute atomic E-state index is 0.401. The van der Waals surface area contributed by atoms with E-state index in [1.807, 2.05) is 194 Å². The van der Waals surface area contributed by atoms with Gasteiger partial charge in [-0.1, -0.05) is 194 Å². The van der Waals surface area contributed by atoms with Crippen LogP contribution in [0, 0.1) is 23.7 Å². The highest BCUT2D eigenvalue weighted by atomic mass is 16.5. The van der Waals surface area contributed by atoms with Crippen LogP contribution in [0.5, 0.6) is 11.5 Å². The number of ether oxygens (including phenoxy) is 2. The first kappa shape index (κ1) is 41.5. The van der Waals surface area contributed by atoms with Gasteiger partial charge in [0.05, 0.1) is 23.7 Å². The van der Waals surface area contributed by atoms with Crippen molar-refractivity contribution in [1.82, 2.24) is 0 Å². The Hall–Kier alpha value is -7.84. The number of carbonyl (C=O) groups is 4. The van der Waals surface area contributed by atoms with E-state index in [0.717, 1.165) is 43.8 Å². The lowest BCUT2D eigenvalue weighted by Crippen LogP contribution is -2.52. The fraction of sp³-hybridized carbons (Fsp3) is 0.143. The maximum atomic E-state index is 13.6. The number of carbonyl (C=O) groups excluding carboxylic acids is 2. The Labute approximate surface area is 370 Å². The number of hydrogen-bond donors (Lipinski definition) is 2. The number of esters is 2. The molecule has 2 aliphatic rings. The third-order valence-corrected chi connectivity index (χ3v) is 12.9. The van der Waals surface area contributed by atoms with E-state index in [1.54, 1.807) is 12.1 Å². The molecule has 2 N–H and O–H groups in total. The quantitative estimate of drug-likeness (QED) is 0.103. The lowest BCUT2D eigenvalue weighted by Gasteiger charge is -2.49. The third kappa shape index (κ3) is 8.02. The maximum Gasteiger partial charge on any atom is 0.315 e. The van der Waals surface area contributed by atoms with E-state index >= 15 is 0 Å². The normalized spacial score (nSPS) is 22.1. The Balaban J connectivity index is 0.000000162. The first-order valence-corrected chi connectivity index (χ1v) is 21.3. The van der Waals surface area contributed by atoms with E-state index in [1.165, 1.54) is 0 Å². The molecule has 8 aromatic rings. The van der Waals surface area contributed by atoms with Gasteiger partial charge < -0.3 is 19.7 Å². The van der Waals surface area contributed by atoms with E-state index in [4.69, 9.17) is 9.47 Å². The summed E-state index contributed by atoms with van der Waals surface area (Å²) < 4.78 is 11.9. The molecule has 0 radical (unpaired) electrons. The average molecular weight is 845 g/mol. The fourth-order valence-electron chi connectivity index (χ4n) is 9.98. The van der Waals surface area contributed by atoms with Gasteiger partial charge in [-0.05, 0) is 45.2 Å². The Morgan fingerprint density at radius 3 is 0.875 bits per heavy atom. The van der Waals surface area contributed by atoms with Gasteiger partial charge in [-0.15, -0.1) is 0 Å². The molecule has 0 aliphatic heterocycles. The summed E-state index contributed by atoms with van der Waals surface area (Å²) in [5.41, 5.74) is 3.36. The van der Waals surface area contributed by atoms with Gasteiger partial charge in [-0.25, -0.2) is 0 Å². The van der Waals surface area contributed by atoms with Crippen molar-refractivity contribution in [2.45, 2.75) is 23.7 Å². The predicted octanol–water partition coefficient (Wildman–Crippen LogP) is 11.3. The van der Waals surface area contributed by atoms with E-state index in [2.05, 4.69) is 0 Å². The van der Waals surface area contributed by atoms with Gasteiger partial charge in [0.2, 0.25) is 0 Å². The van der Waals surface area contributed by atoms with E-state index in [0.29, 0.717) is 11.5 Å². The van der Waals surface area contributed by atoms with Crippen molar-refractivity contribution < 1.29 is 38.9 Å². The summed E-state index contributed by atoms with van der Waals surface area (Å²) in [6.45, 7) is 0. The highest BCUT2D eigenvalue weighted by Crippen LogP contribution is 2.59. The van der Waals surface area contributed by atoms with Crippen LogP contribution in [0.2, 0.25) is 0 Å². The average Bonchev–Trinajstić information content (AvgIpc) is 3.30. The van der Waals surface area contributed by atoms with Crippen molar-refractivity contribution in [1.29, 1.82) is 0 Å². The van der Waals surface area contributed by atoms with Crippen molar-refractivity contribution in [2.75, 3.05) is 0 Å². The lowest BCUT2D eigenvalue weighted by molar-refractivity contribution is -0.160. The first-order valence-electron chi connectivity index (χ1n) is 21.3. The van der Waals surface area contributed by atoms with Gasteiger partial charge in [0.15, 0.2) is 0 Å². The minimum Gasteiger partial charge on any atom is -0.481 e. The molecule has 8 nitrogen and oxygen atoms in total. The second kappa shape index (κ2) is 18.2. The number of carboxylic acid groups (broad SMARTS) is 2. The summed E-state index contributed by atoms with van der Waals surface area (Å²) >= 11 is 0. The maximum absolute atomic E-state index is 13.6. The minimum atomic E-state index is -0.901. The zero-order valence-corrected chi connectivity index (χ0v) is 34.6. The summed E-state index contributed by atoms with van der Waals surface area (Å²) in [5.74, 6) is -6.05. The van der Waals surface area contributed by atoms with Crippen LogP contribution in [0.1, 0.15) is 45.9 Å². The van der Waals surface area contributed by atoms with Crippen molar-refractivity contribution >= 4 is 45.4 Å². The molecule has 2 saturated carbocycles. The number of hydrogen-bond acceptors (Lipinski definition) is 6. The van der Waals surface area contributed by atoms with Crippen LogP contribution in [-0.2, 0) is 19.2 Å². The molecule has 0 bridgehead atoms. The molecule has 8 heteroatoms. The predicted molar refractivity (Wildman–Crippen MR) is 245 cm³/mol. The summed E-state index contributed by atoms with van der Waals surface area (Å²) in [4.78, 5) is 51.7. The molecule has 316 valence electrons. The summed E-state index contributed by atoms with van der Waals surface area (Å²) in [5, 5.41) is 23.8. The highest BCUT2D eigenvalue weighted by Gasteiger charge is 2.60. The molecule has 10 rings (SSSR count). The largest absolute Gasteiger partial charge is 0.481 e. The van der Waals surface area contributed by atoms with Crippen molar-refractivity contribution in [2.24, 2.45) is 23.7 Å². The zero-order valence-electron chi connectivity index (χ0n) is 34.6. The number of benzene rings is 8. The van der Waals surface area contributed by atoms with Gasteiger partial charge in [-0.3, -0.25) is 19.2 Å². The number of carboxylic acids is 2. The summed E-state index contributed by atoms with van der Waals surface area (Å²) in [7, 11) is 0. The van der Waals surface area contributed by atoms with Crippen molar-refractivity contribution in [3.8, 4) is 11.5 Å². The SMILES string of the molecule is O=C(O)C1[C@@H](c2ccccc2)C(C(=O)Oc2cccc3ccccc23)[C@@H]1c1ccccc1.O=C(O)C1[C@@H](c2ccccc2)C(C(=O)Oc2cccc3ccccc23)[C@@H]1c1ccccc1. The molecule has 8 aromatic carbocycles. The Morgan fingerprint density at radius 2 is 0.578 bits per heavy atom. The second-order valence-electron chi connectivity index (χ2n) is 16.3. The second-order valence-corrected chi connectivity index (χ2v) is 16.3. The standard InChI is InChI=1S/2C28H22O4/c2*29-27(30)25-23(19-11-3-1-4-12-19)26(24(25)20-13-5-2-6-14-20)28(31)32-22-17-9-15-18-10-7-8-16-21(18)22/h2*1-17,23-26H,(H,29,30)/t2*23-,24-,25?,26?/m11/s1. The zero-order chi connectivity index (χ0) is 44.2. The number of rotatable bonds is 10. The van der Waals surface area contributed by atoms with Crippen LogP contribution in [0.4, 0.5) is 0 Å². The molecule has 0 saturated heterocycles. The molecular formula is C56H44O8. The van der Waals surface area contributed by atoms with Crippen LogP contribution in [0.25, 0.3) is 21.5 Å². The monoisotopic (exact) mass is 844 g/mol. The third-order valence-electron chi connectivity index (χ3n) is 12.9. The van der Waals surface area contributed by atoms with E-state index in [-0.39, 0.29) is 0 Å². The van der Waals surface area contributed by atoms with Gasteiger partial charge in [0, 0.05) is 34.4 Å². The highest BCUT2D eigenvalue weighted by molar-refractivity contribution is 5.93. The summed E-state index contributed by atoms with van der Waals surface area (Å²) in [6, 6.07) is 64.3. The molecule has 0 spiro atoms. The van der Waals surface area contributed by atoms with Gasteiger partial charge in [0.25, 0.3) is 0 Å². The molecule has 0 unspecified atom stereocenters.